The van der Waals surface area contributed by atoms with Gasteiger partial charge in [0.2, 0.25) is 5.91 Å². The highest BCUT2D eigenvalue weighted by Crippen LogP contribution is 2.34. The summed E-state index contributed by atoms with van der Waals surface area (Å²) < 4.78 is 0. The molecule has 0 N–H and O–H groups in total. The first-order valence-corrected chi connectivity index (χ1v) is 6.75. The molecule has 19 heavy (non-hydrogen) atoms. The SMILES string of the molecule is Cc1cccc(Cl)c1N(C(=O)CCl)c1ccccc1. The predicted molar refractivity (Wildman–Crippen MR) is 80.5 cm³/mol. The number of halogens is 2. The standard InChI is InChI=1S/C15H13Cl2NO/c1-11-6-5-9-13(17)15(11)18(14(19)10-16)12-7-3-2-4-8-12/h2-9H,10H2,1H3. The largest absolute Gasteiger partial charge is 0.278 e. The maximum Gasteiger partial charge on any atom is 0.246 e. The van der Waals surface area contributed by atoms with Crippen LogP contribution in [0.4, 0.5) is 11.4 Å². The number of hydrogen-bond donors (Lipinski definition) is 0. The second kappa shape index (κ2) is 6.09. The highest BCUT2D eigenvalue weighted by atomic mass is 35.5. The van der Waals surface area contributed by atoms with Gasteiger partial charge in [-0.2, -0.15) is 0 Å². The zero-order chi connectivity index (χ0) is 13.8. The van der Waals surface area contributed by atoms with Crippen LogP contribution in [0.25, 0.3) is 0 Å². The van der Waals surface area contributed by atoms with E-state index in [0.29, 0.717) is 10.7 Å². The Kier molecular flexibility index (Phi) is 4.46. The Morgan fingerprint density at radius 2 is 1.79 bits per heavy atom. The van der Waals surface area contributed by atoms with Gasteiger partial charge in [0, 0.05) is 5.69 Å². The fraction of sp³-hybridized carbons (Fsp3) is 0.133. The molecule has 0 unspecified atom stereocenters. The van der Waals surface area contributed by atoms with Crippen molar-refractivity contribution in [1.82, 2.24) is 0 Å². The number of hydrogen-bond acceptors (Lipinski definition) is 1. The lowest BCUT2D eigenvalue weighted by Gasteiger charge is -2.25. The number of para-hydroxylation sites is 2. The summed E-state index contributed by atoms with van der Waals surface area (Å²) in [5.41, 5.74) is 2.36. The molecule has 0 spiro atoms. The van der Waals surface area contributed by atoms with Crippen molar-refractivity contribution in [3.05, 3.63) is 59.1 Å². The topological polar surface area (TPSA) is 20.3 Å². The number of alkyl halides is 1. The van der Waals surface area contributed by atoms with Gasteiger partial charge in [-0.05, 0) is 30.7 Å². The normalized spacial score (nSPS) is 10.3. The third kappa shape index (κ3) is 2.91. The number of carbonyl (C=O) groups excluding carboxylic acids is 1. The van der Waals surface area contributed by atoms with Crippen molar-refractivity contribution in [3.63, 3.8) is 0 Å². The van der Waals surface area contributed by atoms with Crippen molar-refractivity contribution in [2.24, 2.45) is 0 Å². The lowest BCUT2D eigenvalue weighted by atomic mass is 10.1. The molecule has 2 rings (SSSR count). The average molecular weight is 294 g/mol. The molecule has 98 valence electrons. The van der Waals surface area contributed by atoms with Gasteiger partial charge >= 0.3 is 0 Å². The monoisotopic (exact) mass is 293 g/mol. The summed E-state index contributed by atoms with van der Waals surface area (Å²) in [7, 11) is 0. The number of rotatable bonds is 3. The molecule has 0 aliphatic heterocycles. The third-order valence-corrected chi connectivity index (χ3v) is 3.32. The highest BCUT2D eigenvalue weighted by Gasteiger charge is 2.20. The van der Waals surface area contributed by atoms with E-state index in [4.69, 9.17) is 23.2 Å². The summed E-state index contributed by atoms with van der Waals surface area (Å²) >= 11 is 12.0. The lowest BCUT2D eigenvalue weighted by molar-refractivity contribution is -0.115. The van der Waals surface area contributed by atoms with Crippen LogP contribution in [0.2, 0.25) is 5.02 Å². The molecule has 4 heteroatoms. The minimum Gasteiger partial charge on any atom is -0.278 e. The molecule has 2 aromatic rings. The van der Waals surface area contributed by atoms with Crippen molar-refractivity contribution in [2.75, 3.05) is 10.8 Å². The van der Waals surface area contributed by atoms with Gasteiger partial charge in [-0.1, -0.05) is 41.9 Å². The van der Waals surface area contributed by atoms with E-state index in [0.717, 1.165) is 11.3 Å². The summed E-state index contributed by atoms with van der Waals surface area (Å²) in [6, 6.07) is 14.9. The molecule has 2 aromatic carbocycles. The van der Waals surface area contributed by atoms with Gasteiger partial charge < -0.3 is 0 Å². The summed E-state index contributed by atoms with van der Waals surface area (Å²) in [5.74, 6) is -0.302. The van der Waals surface area contributed by atoms with Gasteiger partial charge in [0.1, 0.15) is 5.88 Å². The molecule has 0 saturated carbocycles. The van der Waals surface area contributed by atoms with Crippen molar-refractivity contribution in [1.29, 1.82) is 0 Å². The van der Waals surface area contributed by atoms with Crippen molar-refractivity contribution >= 4 is 40.5 Å². The van der Waals surface area contributed by atoms with Crippen LogP contribution in [0, 0.1) is 6.92 Å². The molecular weight excluding hydrogens is 281 g/mol. The molecule has 0 aliphatic rings. The Labute approximate surface area is 122 Å². The molecule has 0 bridgehead atoms. The number of amides is 1. The molecule has 0 saturated heterocycles. The summed E-state index contributed by atoms with van der Waals surface area (Å²) in [6.45, 7) is 1.92. The smallest absolute Gasteiger partial charge is 0.246 e. The van der Waals surface area contributed by atoms with Crippen LogP contribution in [0.1, 0.15) is 5.56 Å². The third-order valence-electron chi connectivity index (χ3n) is 2.79. The van der Waals surface area contributed by atoms with Crippen molar-refractivity contribution in [2.45, 2.75) is 6.92 Å². The molecule has 0 fully saturated rings. The van der Waals surface area contributed by atoms with E-state index in [2.05, 4.69) is 0 Å². The minimum atomic E-state index is -0.205. The van der Waals surface area contributed by atoms with Crippen LogP contribution in [0.15, 0.2) is 48.5 Å². The van der Waals surface area contributed by atoms with Gasteiger partial charge in [-0.15, -0.1) is 11.6 Å². The van der Waals surface area contributed by atoms with Gasteiger partial charge in [0.25, 0.3) is 0 Å². The molecular formula is C15H13Cl2NO. The highest BCUT2D eigenvalue weighted by molar-refractivity contribution is 6.36. The van der Waals surface area contributed by atoms with Gasteiger partial charge in [0.15, 0.2) is 0 Å². The van der Waals surface area contributed by atoms with Crippen LogP contribution in [0.5, 0.6) is 0 Å². The van der Waals surface area contributed by atoms with Crippen molar-refractivity contribution in [3.8, 4) is 0 Å². The maximum atomic E-state index is 12.2. The first-order chi connectivity index (χ1) is 9.15. The number of carbonyl (C=O) groups is 1. The number of aryl methyl sites for hydroxylation is 1. The average Bonchev–Trinajstić information content (AvgIpc) is 2.43. The second-order valence-electron chi connectivity index (χ2n) is 4.10. The Bertz CT molecular complexity index is 564. The summed E-state index contributed by atoms with van der Waals surface area (Å²) in [6.07, 6.45) is 0. The van der Waals surface area contributed by atoms with Crippen LogP contribution >= 0.6 is 23.2 Å². The van der Waals surface area contributed by atoms with E-state index in [1.165, 1.54) is 0 Å². The summed E-state index contributed by atoms with van der Waals surface area (Å²) in [4.78, 5) is 13.7. The van der Waals surface area contributed by atoms with Gasteiger partial charge in [0.05, 0.1) is 10.7 Å². The van der Waals surface area contributed by atoms with E-state index >= 15 is 0 Å². The van der Waals surface area contributed by atoms with E-state index < -0.39 is 0 Å². The maximum absolute atomic E-state index is 12.2. The Morgan fingerprint density at radius 3 is 2.37 bits per heavy atom. The summed E-state index contributed by atoms with van der Waals surface area (Å²) in [5, 5.41) is 0.530. The van der Waals surface area contributed by atoms with Crippen LogP contribution in [-0.4, -0.2) is 11.8 Å². The number of nitrogens with zero attached hydrogens (tertiary/aromatic N) is 1. The molecule has 0 radical (unpaired) electrons. The van der Waals surface area contributed by atoms with Crippen LogP contribution in [0.3, 0.4) is 0 Å². The van der Waals surface area contributed by atoms with Gasteiger partial charge in [-0.25, -0.2) is 0 Å². The quantitative estimate of drug-likeness (QED) is 0.760. The van der Waals surface area contributed by atoms with E-state index in [1.54, 1.807) is 11.0 Å². The van der Waals surface area contributed by atoms with Crippen LogP contribution < -0.4 is 4.90 Å². The van der Waals surface area contributed by atoms with Crippen molar-refractivity contribution < 1.29 is 4.79 Å². The zero-order valence-corrected chi connectivity index (χ0v) is 11.9. The lowest BCUT2D eigenvalue weighted by Crippen LogP contribution is -2.27. The number of benzene rings is 2. The fourth-order valence-electron chi connectivity index (χ4n) is 1.94. The molecule has 0 atom stereocenters. The molecule has 0 heterocycles. The van der Waals surface area contributed by atoms with E-state index in [9.17, 15) is 4.79 Å². The first-order valence-electron chi connectivity index (χ1n) is 5.84. The Hall–Kier alpha value is -1.51. The van der Waals surface area contributed by atoms with Crippen LogP contribution in [-0.2, 0) is 4.79 Å². The zero-order valence-electron chi connectivity index (χ0n) is 10.4. The molecule has 2 nitrogen and oxygen atoms in total. The Balaban J connectivity index is 2.59. The van der Waals surface area contributed by atoms with E-state index in [1.807, 2.05) is 49.4 Å². The minimum absolute atomic E-state index is 0.0977. The molecule has 0 aromatic heterocycles. The first kappa shape index (κ1) is 13.9. The van der Waals surface area contributed by atoms with Gasteiger partial charge in [-0.3, -0.25) is 9.69 Å². The Morgan fingerprint density at radius 1 is 1.11 bits per heavy atom. The van der Waals surface area contributed by atoms with E-state index in [-0.39, 0.29) is 11.8 Å². The number of anilines is 2. The predicted octanol–water partition coefficient (Wildman–Crippen LogP) is 4.55. The second-order valence-corrected chi connectivity index (χ2v) is 4.78. The fourth-order valence-corrected chi connectivity index (χ4v) is 2.37. The molecule has 1 amide bonds. The molecule has 0 aliphatic carbocycles.